The quantitative estimate of drug-likeness (QED) is 0.892. The molecule has 1 aromatic heterocycles. The molecule has 2 rings (SSSR count). The van der Waals surface area contributed by atoms with E-state index in [9.17, 15) is 0 Å². The van der Waals surface area contributed by atoms with Gasteiger partial charge in [0, 0.05) is 11.6 Å². The van der Waals surface area contributed by atoms with Crippen molar-refractivity contribution < 1.29 is 14.2 Å². The normalized spacial score (nSPS) is 10.5. The van der Waals surface area contributed by atoms with Crippen molar-refractivity contribution in [3.8, 4) is 17.2 Å². The van der Waals surface area contributed by atoms with Crippen molar-refractivity contribution in [3.05, 3.63) is 27.9 Å². The van der Waals surface area contributed by atoms with Gasteiger partial charge < -0.3 is 19.9 Å². The third-order valence-electron chi connectivity index (χ3n) is 3.20. The van der Waals surface area contributed by atoms with Crippen LogP contribution in [0.3, 0.4) is 0 Å². The number of nitrogens with two attached hydrogens (primary N) is 1. The number of nitrogens with zero attached hydrogens (tertiary/aromatic N) is 2. The molecule has 1 aromatic carbocycles. The molecule has 0 aliphatic heterocycles. The van der Waals surface area contributed by atoms with Gasteiger partial charge in [-0.1, -0.05) is 0 Å². The molecule has 2 N–H and O–H groups in total. The molecule has 6 nitrogen and oxygen atoms in total. The lowest BCUT2D eigenvalue weighted by atomic mass is 10.1. The van der Waals surface area contributed by atoms with Crippen LogP contribution in [-0.2, 0) is 6.54 Å². The number of halogens is 1. The Labute approximate surface area is 131 Å². The maximum Gasteiger partial charge on any atom is 0.164 e. The van der Waals surface area contributed by atoms with E-state index in [-0.39, 0.29) is 0 Å². The Bertz CT molecular complexity index is 655. The average Bonchev–Trinajstić information content (AvgIpc) is 2.74. The zero-order valence-electron chi connectivity index (χ0n) is 12.4. The van der Waals surface area contributed by atoms with Crippen LogP contribution >= 0.6 is 15.9 Å². The summed E-state index contributed by atoms with van der Waals surface area (Å²) in [5.41, 5.74) is 7.77. The molecule has 114 valence electrons. The third-order valence-corrected chi connectivity index (χ3v) is 4.18. The lowest BCUT2D eigenvalue weighted by Gasteiger charge is -2.14. The minimum Gasteiger partial charge on any atom is -0.496 e. The van der Waals surface area contributed by atoms with Crippen LogP contribution in [0.2, 0.25) is 0 Å². The van der Waals surface area contributed by atoms with Crippen LogP contribution in [0.1, 0.15) is 11.3 Å². The van der Waals surface area contributed by atoms with Crippen molar-refractivity contribution in [3.63, 3.8) is 0 Å². The number of hydrogen-bond acceptors (Lipinski definition) is 5. The van der Waals surface area contributed by atoms with E-state index in [2.05, 4.69) is 21.0 Å². The van der Waals surface area contributed by atoms with Crippen LogP contribution in [0.25, 0.3) is 0 Å². The smallest absolute Gasteiger partial charge is 0.164 e. The number of ether oxygens (including phenoxy) is 3. The fourth-order valence-electron chi connectivity index (χ4n) is 2.08. The fraction of sp³-hybridized carbons (Fsp3) is 0.357. The topological polar surface area (TPSA) is 71.5 Å². The Hall–Kier alpha value is -1.89. The molecule has 2 aromatic rings. The predicted octanol–water partition coefficient (Wildman–Crippen LogP) is 2.61. The minimum absolute atomic E-state index is 0.474. The van der Waals surface area contributed by atoms with Crippen LogP contribution < -0.4 is 19.9 Å². The van der Waals surface area contributed by atoms with Gasteiger partial charge in [-0.3, -0.25) is 0 Å². The number of hydrogen-bond donors (Lipinski definition) is 1. The molecule has 0 saturated carbocycles. The maximum absolute atomic E-state index is 6.03. The zero-order valence-corrected chi connectivity index (χ0v) is 14.0. The second-order valence-corrected chi connectivity index (χ2v) is 5.25. The second-order valence-electron chi connectivity index (χ2n) is 4.46. The second kappa shape index (κ2) is 6.26. The number of nitrogen functional groups attached to an aromatic ring is 1. The number of rotatable bonds is 5. The van der Waals surface area contributed by atoms with Crippen LogP contribution in [0.15, 0.2) is 16.6 Å². The van der Waals surface area contributed by atoms with Gasteiger partial charge in [0.25, 0.3) is 0 Å². The third kappa shape index (κ3) is 2.92. The summed E-state index contributed by atoms with van der Waals surface area (Å²) < 4.78 is 18.5. The molecule has 7 heteroatoms. The zero-order chi connectivity index (χ0) is 15.6. The highest BCUT2D eigenvalue weighted by Crippen LogP contribution is 2.35. The van der Waals surface area contributed by atoms with E-state index in [1.165, 1.54) is 0 Å². The van der Waals surface area contributed by atoms with Crippen LogP contribution in [0.5, 0.6) is 17.2 Å². The fourth-order valence-corrected chi connectivity index (χ4v) is 2.36. The standard InChI is InChI=1S/C14H18BrN3O3/c1-8-13(15)14(16)18(17-8)7-9-5-11(20-3)12(21-4)6-10(9)19-2/h5-6H,7,16H2,1-4H3. The molecule has 0 aliphatic carbocycles. The molecular weight excluding hydrogens is 338 g/mol. The minimum atomic E-state index is 0.474. The van der Waals surface area contributed by atoms with Gasteiger partial charge >= 0.3 is 0 Å². The number of benzene rings is 1. The highest BCUT2D eigenvalue weighted by atomic mass is 79.9. The average molecular weight is 356 g/mol. The molecule has 0 fully saturated rings. The predicted molar refractivity (Wildman–Crippen MR) is 84.3 cm³/mol. The van der Waals surface area contributed by atoms with Crippen molar-refractivity contribution >= 4 is 21.7 Å². The van der Waals surface area contributed by atoms with Gasteiger partial charge in [-0.25, -0.2) is 4.68 Å². The molecule has 0 spiro atoms. The van der Waals surface area contributed by atoms with Gasteiger partial charge in [-0.2, -0.15) is 5.10 Å². The van der Waals surface area contributed by atoms with Crippen molar-refractivity contribution in [2.45, 2.75) is 13.5 Å². The Morgan fingerprint density at radius 1 is 1.10 bits per heavy atom. The molecule has 0 aliphatic rings. The van der Waals surface area contributed by atoms with E-state index < -0.39 is 0 Å². The summed E-state index contributed by atoms with van der Waals surface area (Å²) in [6.45, 7) is 2.37. The van der Waals surface area contributed by atoms with E-state index in [0.717, 1.165) is 15.7 Å². The molecule has 0 radical (unpaired) electrons. The Kier molecular flexibility index (Phi) is 4.62. The van der Waals surface area contributed by atoms with Gasteiger partial charge in [0.1, 0.15) is 11.6 Å². The van der Waals surface area contributed by atoms with Gasteiger partial charge in [0.05, 0.1) is 38.0 Å². The van der Waals surface area contributed by atoms with Crippen molar-refractivity contribution in [1.82, 2.24) is 9.78 Å². The van der Waals surface area contributed by atoms with Crippen LogP contribution in [0.4, 0.5) is 5.82 Å². The van der Waals surface area contributed by atoms with Gasteiger partial charge in [0.2, 0.25) is 0 Å². The summed E-state index contributed by atoms with van der Waals surface area (Å²) in [6.07, 6.45) is 0. The van der Waals surface area contributed by atoms with Crippen molar-refractivity contribution in [2.24, 2.45) is 0 Å². The molecule has 0 saturated heterocycles. The van der Waals surface area contributed by atoms with E-state index >= 15 is 0 Å². The first-order valence-corrected chi connectivity index (χ1v) is 7.08. The molecule has 0 unspecified atom stereocenters. The number of anilines is 1. The van der Waals surface area contributed by atoms with Gasteiger partial charge in [0.15, 0.2) is 11.5 Å². The highest BCUT2D eigenvalue weighted by molar-refractivity contribution is 9.10. The number of aromatic nitrogens is 2. The molecule has 0 amide bonds. The maximum atomic E-state index is 6.03. The van der Waals surface area contributed by atoms with E-state index in [4.69, 9.17) is 19.9 Å². The lowest BCUT2D eigenvalue weighted by Crippen LogP contribution is -2.08. The highest BCUT2D eigenvalue weighted by Gasteiger charge is 2.15. The molecule has 1 heterocycles. The van der Waals surface area contributed by atoms with Gasteiger partial charge in [-0.15, -0.1) is 0 Å². The SMILES string of the molecule is COc1cc(OC)c(OC)cc1Cn1nc(C)c(Br)c1N. The van der Waals surface area contributed by atoms with Gasteiger partial charge in [-0.05, 0) is 28.9 Å². The largest absolute Gasteiger partial charge is 0.496 e. The Morgan fingerprint density at radius 3 is 2.14 bits per heavy atom. The first-order chi connectivity index (χ1) is 10.0. The van der Waals surface area contributed by atoms with E-state index in [1.54, 1.807) is 32.1 Å². The Morgan fingerprint density at radius 2 is 1.67 bits per heavy atom. The lowest BCUT2D eigenvalue weighted by molar-refractivity contribution is 0.347. The molecule has 21 heavy (non-hydrogen) atoms. The van der Waals surface area contributed by atoms with Crippen LogP contribution in [-0.4, -0.2) is 31.1 Å². The summed E-state index contributed by atoms with van der Waals surface area (Å²) in [6, 6.07) is 3.65. The summed E-state index contributed by atoms with van der Waals surface area (Å²) in [5, 5.41) is 4.40. The van der Waals surface area contributed by atoms with Crippen molar-refractivity contribution in [1.29, 1.82) is 0 Å². The first-order valence-electron chi connectivity index (χ1n) is 6.29. The first kappa shape index (κ1) is 15.5. The monoisotopic (exact) mass is 355 g/mol. The molecule has 0 atom stereocenters. The summed E-state index contributed by atoms with van der Waals surface area (Å²) in [5.74, 6) is 2.51. The number of methoxy groups -OCH3 is 3. The summed E-state index contributed by atoms with van der Waals surface area (Å²) >= 11 is 3.42. The molecular formula is C14H18BrN3O3. The van der Waals surface area contributed by atoms with Crippen LogP contribution in [0, 0.1) is 6.92 Å². The van der Waals surface area contributed by atoms with E-state index in [0.29, 0.717) is 29.6 Å². The summed E-state index contributed by atoms with van der Waals surface area (Å²) in [7, 11) is 4.79. The molecule has 0 bridgehead atoms. The van der Waals surface area contributed by atoms with E-state index in [1.807, 2.05) is 13.0 Å². The summed E-state index contributed by atoms with van der Waals surface area (Å²) in [4.78, 5) is 0. The number of aryl methyl sites for hydroxylation is 1. The Balaban J connectivity index is 2.45. The van der Waals surface area contributed by atoms with Crippen molar-refractivity contribution in [2.75, 3.05) is 27.1 Å².